The second-order valence-corrected chi connectivity index (χ2v) is 11.0. The molecule has 2 aromatic rings. The van der Waals surface area contributed by atoms with Gasteiger partial charge in [0.2, 0.25) is 0 Å². The highest BCUT2D eigenvalue weighted by Gasteiger charge is 2.27. The number of hydrogen-bond acceptors (Lipinski definition) is 0. The molecule has 0 N–H and O–H groups in total. The van der Waals surface area contributed by atoms with Crippen LogP contribution in [0.4, 0.5) is 0 Å². The number of rotatable bonds is 0. The second kappa shape index (κ2) is 5.72. The van der Waals surface area contributed by atoms with E-state index in [1.54, 1.807) is 0 Å². The number of benzene rings is 2. The Hall–Kier alpha value is -0.100. The zero-order valence-corrected chi connectivity index (χ0v) is 19.1. The van der Waals surface area contributed by atoms with Crippen molar-refractivity contribution in [2.24, 2.45) is 0 Å². The molecule has 0 amide bonds. The topological polar surface area (TPSA) is 0 Å². The summed E-state index contributed by atoms with van der Waals surface area (Å²) in [5.74, 6) is 0. The van der Waals surface area contributed by atoms with Crippen LogP contribution < -0.4 is 0 Å². The van der Waals surface area contributed by atoms with Crippen molar-refractivity contribution >= 4 is 45.2 Å². The van der Waals surface area contributed by atoms with Gasteiger partial charge in [0.25, 0.3) is 0 Å². The molecule has 0 atom stereocenters. The molecule has 2 aromatic carbocycles. The van der Waals surface area contributed by atoms with Crippen molar-refractivity contribution in [3.63, 3.8) is 0 Å². The van der Waals surface area contributed by atoms with Gasteiger partial charge in [-0.2, -0.15) is 0 Å². The maximum absolute atomic E-state index is 2.50. The first kappa shape index (κ1) is 17.7. The molecule has 122 valence electrons. The molecule has 0 aromatic heterocycles. The Labute approximate surface area is 167 Å². The van der Waals surface area contributed by atoms with Gasteiger partial charge in [-0.1, -0.05) is 41.5 Å². The minimum Gasteiger partial charge on any atom is -0.0560 e. The van der Waals surface area contributed by atoms with E-state index in [-0.39, 0.29) is 10.8 Å². The Morgan fingerprint density at radius 1 is 0.652 bits per heavy atom. The van der Waals surface area contributed by atoms with Crippen LogP contribution in [0.3, 0.4) is 0 Å². The maximum Gasteiger partial charge on any atom is 0.0170 e. The van der Waals surface area contributed by atoms with Gasteiger partial charge in [0.15, 0.2) is 0 Å². The van der Waals surface area contributed by atoms with Gasteiger partial charge in [0, 0.05) is 7.14 Å². The highest BCUT2D eigenvalue weighted by Crippen LogP contribution is 2.43. The van der Waals surface area contributed by atoms with Gasteiger partial charge >= 0.3 is 0 Å². The summed E-state index contributed by atoms with van der Waals surface area (Å²) >= 11 is 5.01. The molecule has 0 heterocycles. The predicted molar refractivity (Wildman–Crippen MR) is 118 cm³/mol. The molecule has 3 rings (SSSR count). The standard InChI is InChI=1S/C21H24I2/c1-20(2,3)16-10-14-12(8-18(16)22)7-13-9-19(23)17(11-15(13)14)21(4,5)6/h8-11H,7H2,1-6H3. The van der Waals surface area contributed by atoms with Gasteiger partial charge in [-0.15, -0.1) is 0 Å². The third-order valence-electron chi connectivity index (χ3n) is 4.67. The first-order chi connectivity index (χ1) is 10.5. The fourth-order valence-corrected chi connectivity index (χ4v) is 6.06. The highest BCUT2D eigenvalue weighted by molar-refractivity contribution is 14.1. The van der Waals surface area contributed by atoms with Crippen LogP contribution in [0.1, 0.15) is 63.8 Å². The van der Waals surface area contributed by atoms with Crippen LogP contribution in [0.2, 0.25) is 0 Å². The van der Waals surface area contributed by atoms with E-state index in [1.165, 1.54) is 40.5 Å². The molecule has 0 aliphatic heterocycles. The van der Waals surface area contributed by atoms with Crippen molar-refractivity contribution in [3.05, 3.63) is 53.7 Å². The molecular weight excluding hydrogens is 506 g/mol. The predicted octanol–water partition coefficient (Wildman–Crippen LogP) is 7.06. The molecule has 0 fully saturated rings. The molecule has 1 aliphatic carbocycles. The van der Waals surface area contributed by atoms with Crippen molar-refractivity contribution < 1.29 is 0 Å². The summed E-state index contributed by atoms with van der Waals surface area (Å²) in [5, 5.41) is 0. The molecule has 0 bridgehead atoms. The largest absolute Gasteiger partial charge is 0.0560 e. The van der Waals surface area contributed by atoms with E-state index in [4.69, 9.17) is 0 Å². The molecule has 0 saturated carbocycles. The number of hydrogen-bond donors (Lipinski definition) is 0. The molecule has 0 spiro atoms. The lowest BCUT2D eigenvalue weighted by Gasteiger charge is -2.23. The Kier molecular flexibility index (Phi) is 4.40. The van der Waals surface area contributed by atoms with Crippen LogP contribution >= 0.6 is 45.2 Å². The van der Waals surface area contributed by atoms with Gasteiger partial charge < -0.3 is 0 Å². The van der Waals surface area contributed by atoms with Crippen molar-refractivity contribution in [3.8, 4) is 11.1 Å². The summed E-state index contributed by atoms with van der Waals surface area (Å²) in [6, 6.07) is 9.70. The van der Waals surface area contributed by atoms with Crippen LogP contribution in [0.5, 0.6) is 0 Å². The second-order valence-electron chi connectivity index (χ2n) is 8.66. The number of fused-ring (bicyclic) bond motifs is 3. The normalized spacial score (nSPS) is 13.9. The fourth-order valence-electron chi connectivity index (χ4n) is 3.38. The quantitative estimate of drug-likeness (QED) is 0.273. The van der Waals surface area contributed by atoms with Crippen molar-refractivity contribution in [1.82, 2.24) is 0 Å². The van der Waals surface area contributed by atoms with Gasteiger partial charge in [0.1, 0.15) is 0 Å². The monoisotopic (exact) mass is 530 g/mol. The Balaban J connectivity index is 2.23. The molecule has 1 aliphatic rings. The minimum atomic E-state index is 0.185. The smallest absolute Gasteiger partial charge is 0.0170 e. The van der Waals surface area contributed by atoms with Gasteiger partial charge in [-0.05, 0) is 120 Å². The molecule has 0 saturated heterocycles. The summed E-state index contributed by atoms with van der Waals surface area (Å²) in [4.78, 5) is 0. The van der Waals surface area contributed by atoms with E-state index in [1.807, 2.05) is 0 Å². The molecule has 0 radical (unpaired) electrons. The third kappa shape index (κ3) is 3.22. The first-order valence-corrected chi connectivity index (χ1v) is 10.3. The molecule has 2 heteroatoms. The van der Waals surface area contributed by atoms with Gasteiger partial charge in [-0.3, -0.25) is 0 Å². The zero-order valence-electron chi connectivity index (χ0n) is 14.8. The van der Waals surface area contributed by atoms with Crippen molar-refractivity contribution in [2.45, 2.75) is 58.8 Å². The van der Waals surface area contributed by atoms with E-state index in [9.17, 15) is 0 Å². The van der Waals surface area contributed by atoms with Crippen molar-refractivity contribution in [2.75, 3.05) is 0 Å². The Morgan fingerprint density at radius 3 is 1.30 bits per heavy atom. The van der Waals surface area contributed by atoms with Crippen LogP contribution in [0, 0.1) is 7.14 Å². The molecule has 0 unspecified atom stereocenters. The first-order valence-electron chi connectivity index (χ1n) is 8.14. The van der Waals surface area contributed by atoms with Crippen LogP contribution in [-0.4, -0.2) is 0 Å². The zero-order chi connectivity index (χ0) is 17.2. The molecule has 0 nitrogen and oxygen atoms in total. The fraction of sp³-hybridized carbons (Fsp3) is 0.429. The van der Waals surface area contributed by atoms with E-state index in [0.29, 0.717) is 0 Å². The minimum absolute atomic E-state index is 0.185. The van der Waals surface area contributed by atoms with E-state index in [2.05, 4.69) is 111 Å². The summed E-state index contributed by atoms with van der Waals surface area (Å²) in [7, 11) is 0. The maximum atomic E-state index is 2.50. The van der Waals surface area contributed by atoms with Crippen LogP contribution in [0.15, 0.2) is 24.3 Å². The number of halogens is 2. The third-order valence-corrected chi connectivity index (χ3v) is 6.46. The van der Waals surface area contributed by atoms with Gasteiger partial charge in [-0.25, -0.2) is 0 Å². The summed E-state index contributed by atoms with van der Waals surface area (Å²) in [5.41, 5.74) is 9.16. The highest BCUT2D eigenvalue weighted by atomic mass is 127. The average molecular weight is 530 g/mol. The lowest BCUT2D eigenvalue weighted by atomic mass is 9.83. The van der Waals surface area contributed by atoms with Crippen molar-refractivity contribution in [1.29, 1.82) is 0 Å². The van der Waals surface area contributed by atoms with Gasteiger partial charge in [0.05, 0.1) is 0 Å². The van der Waals surface area contributed by atoms with E-state index in [0.717, 1.165) is 6.42 Å². The average Bonchev–Trinajstić information content (AvgIpc) is 2.70. The Morgan fingerprint density at radius 2 is 1.00 bits per heavy atom. The van der Waals surface area contributed by atoms with E-state index >= 15 is 0 Å². The summed E-state index contributed by atoms with van der Waals surface area (Å²) < 4.78 is 2.79. The summed E-state index contributed by atoms with van der Waals surface area (Å²) in [6.45, 7) is 13.8. The van der Waals surface area contributed by atoms with E-state index < -0.39 is 0 Å². The molecule has 23 heavy (non-hydrogen) atoms. The summed E-state index contributed by atoms with van der Waals surface area (Å²) in [6.07, 6.45) is 1.07. The lowest BCUT2D eigenvalue weighted by Crippen LogP contribution is -2.14. The SMILES string of the molecule is CC(C)(C)c1cc2c(cc1I)Cc1cc(I)c(C(C)(C)C)cc1-2. The Bertz CT molecular complexity index is 719. The lowest BCUT2D eigenvalue weighted by molar-refractivity contribution is 0.586. The molecular formula is C21H24I2. The van der Waals surface area contributed by atoms with Crippen LogP contribution in [-0.2, 0) is 17.3 Å². The van der Waals surface area contributed by atoms with Crippen LogP contribution in [0.25, 0.3) is 11.1 Å².